The molecule has 1 amide bonds. The number of aliphatic hydroxyl groups is 1. The van der Waals surface area contributed by atoms with Gasteiger partial charge in [-0.05, 0) is 55.8 Å². The van der Waals surface area contributed by atoms with Gasteiger partial charge in [0.25, 0.3) is 5.78 Å². The van der Waals surface area contributed by atoms with Crippen LogP contribution in [0.15, 0.2) is 54.1 Å². The normalized spacial score (nSPS) is 17.9. The Balaban J connectivity index is 1.93. The quantitative estimate of drug-likeness (QED) is 0.339. The van der Waals surface area contributed by atoms with Crippen LogP contribution in [0, 0.1) is 13.8 Å². The molecule has 0 bridgehead atoms. The fourth-order valence-corrected chi connectivity index (χ4v) is 4.52. The minimum Gasteiger partial charge on any atom is -0.507 e. The Kier molecular flexibility index (Phi) is 5.56. The monoisotopic (exact) mass is 454 g/mol. The number of rotatable bonds is 4. The number of hydrogen-bond acceptors (Lipinski definition) is 6. The van der Waals surface area contributed by atoms with E-state index in [1.807, 2.05) is 13.8 Å². The molecule has 158 valence electrons. The third-order valence-corrected chi connectivity index (χ3v) is 6.54. The molecule has 2 heterocycles. The van der Waals surface area contributed by atoms with Gasteiger partial charge >= 0.3 is 5.91 Å². The molecule has 2 aromatic carbocycles. The number of aromatic nitrogens is 1. The molecule has 0 radical (unpaired) electrons. The lowest BCUT2D eigenvalue weighted by Gasteiger charge is -2.23. The van der Waals surface area contributed by atoms with E-state index < -0.39 is 17.7 Å². The first kappa shape index (κ1) is 21.1. The molecule has 0 spiro atoms. The molecular formula is C23H19ClN2O4S. The van der Waals surface area contributed by atoms with Crippen molar-refractivity contribution >= 4 is 45.5 Å². The van der Waals surface area contributed by atoms with Gasteiger partial charge in [0, 0.05) is 15.5 Å². The van der Waals surface area contributed by atoms with Gasteiger partial charge in [0.2, 0.25) is 0 Å². The van der Waals surface area contributed by atoms with Crippen molar-refractivity contribution in [2.75, 3.05) is 12.0 Å². The third-order valence-electron chi connectivity index (χ3n) is 5.22. The molecule has 1 saturated heterocycles. The number of carbonyl (C=O) groups excluding carboxylic acids is 2. The number of nitrogens with zero attached hydrogens (tertiary/aromatic N) is 2. The molecule has 1 atom stereocenters. The maximum absolute atomic E-state index is 13.1. The molecule has 1 unspecified atom stereocenters. The largest absolute Gasteiger partial charge is 0.507 e. The molecule has 4 rings (SSSR count). The average molecular weight is 455 g/mol. The highest BCUT2D eigenvalue weighted by molar-refractivity contribution is 7.16. The fraction of sp³-hybridized carbons (Fsp3) is 0.174. The van der Waals surface area contributed by atoms with Crippen molar-refractivity contribution in [1.82, 2.24) is 4.98 Å². The number of anilines is 1. The van der Waals surface area contributed by atoms with Crippen molar-refractivity contribution < 1.29 is 19.4 Å². The van der Waals surface area contributed by atoms with Crippen LogP contribution in [0.1, 0.15) is 27.7 Å². The Morgan fingerprint density at radius 1 is 1.10 bits per heavy atom. The highest BCUT2D eigenvalue weighted by Gasteiger charge is 2.48. The first-order valence-electron chi connectivity index (χ1n) is 9.46. The zero-order valence-corrected chi connectivity index (χ0v) is 18.6. The van der Waals surface area contributed by atoms with Crippen molar-refractivity contribution in [2.45, 2.75) is 19.9 Å². The highest BCUT2D eigenvalue weighted by atomic mass is 35.5. The van der Waals surface area contributed by atoms with Gasteiger partial charge in [0.1, 0.15) is 11.5 Å². The van der Waals surface area contributed by atoms with Gasteiger partial charge in [-0.3, -0.25) is 14.5 Å². The lowest BCUT2D eigenvalue weighted by molar-refractivity contribution is -0.132. The van der Waals surface area contributed by atoms with Gasteiger partial charge in [-0.15, -0.1) is 11.3 Å². The van der Waals surface area contributed by atoms with Crippen LogP contribution in [-0.4, -0.2) is 28.9 Å². The molecule has 1 N–H and O–H groups in total. The highest BCUT2D eigenvalue weighted by Crippen LogP contribution is 2.44. The predicted octanol–water partition coefficient (Wildman–Crippen LogP) is 5.05. The number of hydrogen-bond donors (Lipinski definition) is 1. The van der Waals surface area contributed by atoms with Gasteiger partial charge in [-0.1, -0.05) is 23.7 Å². The molecule has 1 fully saturated rings. The summed E-state index contributed by atoms with van der Waals surface area (Å²) in [5.74, 6) is -1.12. The van der Waals surface area contributed by atoms with Gasteiger partial charge in [-0.2, -0.15) is 0 Å². The minimum absolute atomic E-state index is 0.00277. The Labute approximate surface area is 188 Å². The number of ether oxygens (including phenoxy) is 1. The van der Waals surface area contributed by atoms with E-state index in [0.29, 0.717) is 27.0 Å². The Hall–Kier alpha value is -3.16. The third kappa shape index (κ3) is 3.71. The molecule has 1 aromatic heterocycles. The van der Waals surface area contributed by atoms with E-state index in [-0.39, 0.29) is 11.3 Å². The van der Waals surface area contributed by atoms with Crippen LogP contribution in [0.5, 0.6) is 5.75 Å². The van der Waals surface area contributed by atoms with Crippen LogP contribution in [0.4, 0.5) is 5.13 Å². The summed E-state index contributed by atoms with van der Waals surface area (Å²) in [7, 11) is 1.56. The molecule has 1 aliphatic heterocycles. The number of carbonyl (C=O) groups is 2. The van der Waals surface area contributed by atoms with Crippen molar-refractivity contribution in [3.05, 3.63) is 80.8 Å². The zero-order chi connectivity index (χ0) is 22.3. The number of ketones is 1. The molecule has 31 heavy (non-hydrogen) atoms. The first-order valence-corrected chi connectivity index (χ1v) is 10.7. The zero-order valence-electron chi connectivity index (χ0n) is 17.0. The van der Waals surface area contributed by atoms with E-state index in [1.165, 1.54) is 16.2 Å². The molecule has 6 nitrogen and oxygen atoms in total. The minimum atomic E-state index is -0.827. The number of aliphatic hydroxyl groups excluding tert-OH is 1. The van der Waals surface area contributed by atoms with Crippen LogP contribution in [0.25, 0.3) is 5.76 Å². The van der Waals surface area contributed by atoms with E-state index in [4.69, 9.17) is 16.3 Å². The summed E-state index contributed by atoms with van der Waals surface area (Å²) in [5, 5.41) is 12.0. The molecular weight excluding hydrogens is 436 g/mol. The van der Waals surface area contributed by atoms with E-state index in [9.17, 15) is 14.7 Å². The molecule has 1 aliphatic rings. The molecule has 3 aromatic rings. The summed E-state index contributed by atoms with van der Waals surface area (Å²) >= 11 is 7.29. The van der Waals surface area contributed by atoms with Gasteiger partial charge in [-0.25, -0.2) is 4.98 Å². The van der Waals surface area contributed by atoms with Crippen LogP contribution in [0.3, 0.4) is 0 Å². The lowest BCUT2D eigenvalue weighted by atomic mass is 9.95. The smallest absolute Gasteiger partial charge is 0.301 e. The number of aryl methyl sites for hydroxylation is 2. The summed E-state index contributed by atoms with van der Waals surface area (Å²) in [5.41, 5.74) is 1.84. The van der Waals surface area contributed by atoms with Crippen molar-refractivity contribution in [1.29, 1.82) is 0 Å². The summed E-state index contributed by atoms with van der Waals surface area (Å²) in [6, 6.07) is 12.6. The van der Waals surface area contributed by atoms with Crippen LogP contribution < -0.4 is 9.64 Å². The molecule has 0 aliphatic carbocycles. The van der Waals surface area contributed by atoms with Gasteiger partial charge in [0.15, 0.2) is 5.13 Å². The second-order valence-electron chi connectivity index (χ2n) is 7.09. The van der Waals surface area contributed by atoms with Crippen molar-refractivity contribution in [2.24, 2.45) is 0 Å². The summed E-state index contributed by atoms with van der Waals surface area (Å²) < 4.78 is 5.23. The molecule has 8 heteroatoms. The van der Waals surface area contributed by atoms with E-state index in [1.54, 1.807) is 55.6 Å². The fourth-order valence-electron chi connectivity index (χ4n) is 3.45. The SMILES string of the molecule is COc1ccc(C2C(=C(O)c3ccc(Cl)cc3)C(=O)C(=O)N2c2nc(C)c(C)s2)cc1. The number of methoxy groups -OCH3 is 1. The summed E-state index contributed by atoms with van der Waals surface area (Å²) in [4.78, 5) is 33.0. The average Bonchev–Trinajstić information content (AvgIpc) is 3.23. The second-order valence-corrected chi connectivity index (χ2v) is 8.71. The summed E-state index contributed by atoms with van der Waals surface area (Å²) in [6.07, 6.45) is 0. The number of thiazole rings is 1. The van der Waals surface area contributed by atoms with Crippen LogP contribution >= 0.6 is 22.9 Å². The number of amides is 1. The van der Waals surface area contributed by atoms with Crippen LogP contribution in [0.2, 0.25) is 5.02 Å². The Bertz CT molecular complexity index is 1180. The molecule has 0 saturated carbocycles. The van der Waals surface area contributed by atoms with Gasteiger partial charge < -0.3 is 9.84 Å². The number of benzene rings is 2. The Morgan fingerprint density at radius 3 is 2.29 bits per heavy atom. The van der Waals surface area contributed by atoms with Crippen molar-refractivity contribution in [3.8, 4) is 5.75 Å². The number of Topliss-reactive ketones (excluding diaryl/α,β-unsaturated/α-hetero) is 1. The van der Waals surface area contributed by atoms with Gasteiger partial charge in [0.05, 0.1) is 24.4 Å². The maximum atomic E-state index is 13.1. The van der Waals surface area contributed by atoms with E-state index >= 15 is 0 Å². The van der Waals surface area contributed by atoms with E-state index in [0.717, 1.165) is 10.6 Å². The second kappa shape index (κ2) is 8.17. The maximum Gasteiger partial charge on any atom is 0.301 e. The predicted molar refractivity (Wildman–Crippen MR) is 121 cm³/mol. The van der Waals surface area contributed by atoms with Crippen molar-refractivity contribution in [3.63, 3.8) is 0 Å². The standard InChI is InChI=1S/C23H19ClN2O4S/c1-12-13(2)31-23(25-12)26-19(14-6-10-17(30-3)11-7-14)18(21(28)22(26)29)20(27)15-4-8-16(24)9-5-15/h4-11,19,27H,1-3H3. The lowest BCUT2D eigenvalue weighted by Crippen LogP contribution is -2.29. The Morgan fingerprint density at radius 2 is 1.74 bits per heavy atom. The first-order chi connectivity index (χ1) is 14.8. The summed E-state index contributed by atoms with van der Waals surface area (Å²) in [6.45, 7) is 3.76. The topological polar surface area (TPSA) is 79.7 Å². The van der Waals surface area contributed by atoms with Crippen LogP contribution in [-0.2, 0) is 9.59 Å². The number of halogens is 1. The van der Waals surface area contributed by atoms with E-state index in [2.05, 4.69) is 4.98 Å².